The quantitative estimate of drug-likeness (QED) is 0.533. The Bertz CT molecular complexity index is 707. The van der Waals surface area contributed by atoms with Gasteiger partial charge in [-0.15, -0.1) is 13.2 Å². The van der Waals surface area contributed by atoms with E-state index in [1.165, 1.54) is 24.3 Å². The van der Waals surface area contributed by atoms with Crippen molar-refractivity contribution in [3.05, 3.63) is 52.8 Å². The largest absolute Gasteiger partial charge is 0.573 e. The highest BCUT2D eigenvalue weighted by Crippen LogP contribution is 2.24. The highest BCUT2D eigenvalue weighted by atomic mass is 79.9. The van der Waals surface area contributed by atoms with Crippen molar-refractivity contribution in [2.45, 2.75) is 6.36 Å². The molecular formula is C14H9BrF4N2OS. The summed E-state index contributed by atoms with van der Waals surface area (Å²) >= 11 is 8.15. The van der Waals surface area contributed by atoms with Crippen LogP contribution in [0, 0.1) is 5.82 Å². The van der Waals surface area contributed by atoms with Crippen LogP contribution in [0.5, 0.6) is 5.75 Å². The van der Waals surface area contributed by atoms with Crippen molar-refractivity contribution in [3.8, 4) is 5.75 Å². The van der Waals surface area contributed by atoms with Crippen molar-refractivity contribution in [1.82, 2.24) is 0 Å². The molecule has 0 heterocycles. The number of anilines is 2. The van der Waals surface area contributed by atoms with E-state index in [2.05, 4.69) is 31.3 Å². The third-order valence-corrected chi connectivity index (χ3v) is 3.22. The van der Waals surface area contributed by atoms with Gasteiger partial charge in [-0.3, -0.25) is 0 Å². The standard InChI is InChI=1S/C14H9BrF4N2OS/c15-8-1-6-12(11(16)7-8)21-13(23)20-9-2-4-10(5-3-9)22-14(17,18)19/h1-7H,(H2,20,21,23). The fraction of sp³-hybridized carbons (Fsp3) is 0.0714. The molecule has 2 aromatic carbocycles. The molecule has 2 rings (SSSR count). The number of alkyl halides is 3. The number of hydrogen-bond acceptors (Lipinski definition) is 2. The summed E-state index contributed by atoms with van der Waals surface area (Å²) in [4.78, 5) is 0. The van der Waals surface area contributed by atoms with Gasteiger partial charge in [0.1, 0.15) is 11.6 Å². The molecule has 2 N–H and O–H groups in total. The van der Waals surface area contributed by atoms with Gasteiger partial charge in [-0.25, -0.2) is 4.39 Å². The monoisotopic (exact) mass is 408 g/mol. The van der Waals surface area contributed by atoms with E-state index in [4.69, 9.17) is 12.2 Å². The van der Waals surface area contributed by atoms with Crippen LogP contribution in [-0.4, -0.2) is 11.5 Å². The maximum atomic E-state index is 13.7. The second-order valence-corrected chi connectivity index (χ2v) is 5.60. The van der Waals surface area contributed by atoms with Crippen LogP contribution in [0.1, 0.15) is 0 Å². The van der Waals surface area contributed by atoms with Crippen molar-refractivity contribution < 1.29 is 22.3 Å². The van der Waals surface area contributed by atoms with Gasteiger partial charge in [-0.1, -0.05) is 15.9 Å². The molecule has 0 radical (unpaired) electrons. The second kappa shape index (κ2) is 7.14. The Morgan fingerprint density at radius 3 is 2.26 bits per heavy atom. The van der Waals surface area contributed by atoms with Gasteiger partial charge in [-0.05, 0) is 54.7 Å². The van der Waals surface area contributed by atoms with Gasteiger partial charge in [0, 0.05) is 10.2 Å². The van der Waals surface area contributed by atoms with E-state index in [0.29, 0.717) is 10.2 Å². The molecule has 0 saturated heterocycles. The molecule has 0 fully saturated rings. The zero-order valence-corrected chi connectivity index (χ0v) is 13.7. The summed E-state index contributed by atoms with van der Waals surface area (Å²) in [5.41, 5.74) is 0.595. The lowest BCUT2D eigenvalue weighted by Gasteiger charge is -2.12. The molecule has 0 aliphatic rings. The first kappa shape index (κ1) is 17.5. The smallest absolute Gasteiger partial charge is 0.406 e. The molecular weight excluding hydrogens is 400 g/mol. The van der Waals surface area contributed by atoms with E-state index in [0.717, 1.165) is 12.1 Å². The van der Waals surface area contributed by atoms with Crippen LogP contribution in [0.4, 0.5) is 28.9 Å². The molecule has 0 amide bonds. The lowest BCUT2D eigenvalue weighted by atomic mass is 10.3. The molecule has 0 spiro atoms. The normalized spacial score (nSPS) is 11.0. The lowest BCUT2D eigenvalue weighted by Crippen LogP contribution is -2.20. The van der Waals surface area contributed by atoms with Gasteiger partial charge in [0.25, 0.3) is 0 Å². The average Bonchev–Trinajstić information content (AvgIpc) is 2.42. The summed E-state index contributed by atoms with van der Waals surface area (Å²) in [6.07, 6.45) is -4.75. The molecule has 0 aliphatic heterocycles. The van der Waals surface area contributed by atoms with Crippen LogP contribution in [0.15, 0.2) is 46.9 Å². The van der Waals surface area contributed by atoms with Crippen molar-refractivity contribution in [2.75, 3.05) is 10.6 Å². The summed E-state index contributed by atoms with van der Waals surface area (Å²) in [6.45, 7) is 0. The highest BCUT2D eigenvalue weighted by Gasteiger charge is 2.30. The molecule has 0 bridgehead atoms. The van der Waals surface area contributed by atoms with Crippen LogP contribution in [0.2, 0.25) is 0 Å². The third-order valence-electron chi connectivity index (χ3n) is 2.53. The van der Waals surface area contributed by atoms with Crippen LogP contribution in [0.3, 0.4) is 0 Å². The topological polar surface area (TPSA) is 33.3 Å². The van der Waals surface area contributed by atoms with E-state index in [9.17, 15) is 17.6 Å². The Labute approximate surface area is 142 Å². The van der Waals surface area contributed by atoms with Crippen LogP contribution in [0.25, 0.3) is 0 Å². The number of rotatable bonds is 3. The van der Waals surface area contributed by atoms with Crippen molar-refractivity contribution in [3.63, 3.8) is 0 Å². The van der Waals surface area contributed by atoms with Crippen LogP contribution in [-0.2, 0) is 0 Å². The number of thiocarbonyl (C=S) groups is 1. The van der Waals surface area contributed by atoms with Gasteiger partial charge >= 0.3 is 6.36 Å². The predicted molar refractivity (Wildman–Crippen MR) is 87.1 cm³/mol. The zero-order valence-electron chi connectivity index (χ0n) is 11.2. The molecule has 9 heteroatoms. The number of ether oxygens (including phenoxy) is 1. The van der Waals surface area contributed by atoms with Crippen molar-refractivity contribution in [2.24, 2.45) is 0 Å². The second-order valence-electron chi connectivity index (χ2n) is 4.28. The van der Waals surface area contributed by atoms with Crippen molar-refractivity contribution >= 4 is 44.6 Å². The summed E-state index contributed by atoms with van der Waals surface area (Å²) in [7, 11) is 0. The fourth-order valence-electron chi connectivity index (χ4n) is 1.62. The first-order chi connectivity index (χ1) is 10.7. The summed E-state index contributed by atoms with van der Waals surface area (Å²) in [5, 5.41) is 5.47. The van der Waals surface area contributed by atoms with Gasteiger partial charge < -0.3 is 15.4 Å². The number of hydrogen-bond donors (Lipinski definition) is 2. The van der Waals surface area contributed by atoms with Gasteiger partial charge in [0.15, 0.2) is 5.11 Å². The van der Waals surface area contributed by atoms with E-state index >= 15 is 0 Å². The molecule has 3 nitrogen and oxygen atoms in total. The predicted octanol–water partition coefficient (Wildman–Crippen LogP) is 5.30. The Balaban J connectivity index is 1.97. The van der Waals surface area contributed by atoms with Gasteiger partial charge in [0.2, 0.25) is 0 Å². The maximum absolute atomic E-state index is 13.7. The van der Waals surface area contributed by atoms with Gasteiger partial charge in [-0.2, -0.15) is 0 Å². The fourth-order valence-corrected chi connectivity index (χ4v) is 2.18. The molecule has 2 aromatic rings. The third kappa shape index (κ3) is 5.68. The van der Waals surface area contributed by atoms with Crippen molar-refractivity contribution in [1.29, 1.82) is 0 Å². The molecule has 0 aromatic heterocycles. The summed E-state index contributed by atoms with van der Waals surface area (Å²) in [5.74, 6) is -0.849. The minimum Gasteiger partial charge on any atom is -0.406 e. The Morgan fingerprint density at radius 1 is 1.04 bits per heavy atom. The minimum atomic E-state index is -4.75. The van der Waals surface area contributed by atoms with Crippen LogP contribution < -0.4 is 15.4 Å². The van der Waals surface area contributed by atoms with E-state index < -0.39 is 12.2 Å². The molecule has 23 heavy (non-hydrogen) atoms. The van der Waals surface area contributed by atoms with Gasteiger partial charge in [0.05, 0.1) is 5.69 Å². The molecule has 122 valence electrons. The Kier molecular flexibility index (Phi) is 5.42. The van der Waals surface area contributed by atoms with E-state index in [-0.39, 0.29) is 16.5 Å². The SMILES string of the molecule is Fc1cc(Br)ccc1NC(=S)Nc1ccc(OC(F)(F)F)cc1. The Hall–Kier alpha value is -1.87. The van der Waals surface area contributed by atoms with E-state index in [1.807, 2.05) is 0 Å². The lowest BCUT2D eigenvalue weighted by molar-refractivity contribution is -0.274. The van der Waals surface area contributed by atoms with Crippen LogP contribution >= 0.6 is 28.1 Å². The number of halogens is 5. The zero-order chi connectivity index (χ0) is 17.0. The first-order valence-electron chi connectivity index (χ1n) is 6.12. The maximum Gasteiger partial charge on any atom is 0.573 e. The summed E-state index contributed by atoms with van der Waals surface area (Å²) in [6, 6.07) is 9.39. The molecule has 0 aliphatic carbocycles. The molecule has 0 saturated carbocycles. The molecule has 0 unspecified atom stereocenters. The summed E-state index contributed by atoms with van der Waals surface area (Å²) < 4.78 is 54.2. The Morgan fingerprint density at radius 2 is 1.70 bits per heavy atom. The minimum absolute atomic E-state index is 0.0933. The highest BCUT2D eigenvalue weighted by molar-refractivity contribution is 9.10. The van der Waals surface area contributed by atoms with E-state index in [1.54, 1.807) is 6.07 Å². The molecule has 0 atom stereocenters. The number of nitrogens with one attached hydrogen (secondary N) is 2. The first-order valence-corrected chi connectivity index (χ1v) is 7.32. The number of benzene rings is 2. The average molecular weight is 409 g/mol.